The van der Waals surface area contributed by atoms with Crippen molar-refractivity contribution in [3.05, 3.63) is 29.8 Å². The van der Waals surface area contributed by atoms with Crippen molar-refractivity contribution in [1.82, 2.24) is 4.90 Å². The van der Waals surface area contributed by atoms with Crippen molar-refractivity contribution >= 4 is 17.7 Å². The van der Waals surface area contributed by atoms with Crippen LogP contribution in [0, 0.1) is 5.92 Å². The van der Waals surface area contributed by atoms with Crippen molar-refractivity contribution in [2.75, 3.05) is 18.9 Å². The molecule has 0 aromatic heterocycles. The topological polar surface area (TPSA) is 69.6 Å². The van der Waals surface area contributed by atoms with E-state index in [-0.39, 0.29) is 12.5 Å². The molecule has 0 saturated heterocycles. The Hall–Kier alpha value is -2.04. The van der Waals surface area contributed by atoms with Crippen LogP contribution in [0.2, 0.25) is 0 Å². The number of benzene rings is 1. The molecule has 0 heterocycles. The van der Waals surface area contributed by atoms with Crippen molar-refractivity contribution < 1.29 is 14.7 Å². The molecular formula is C16H22N2O3. The number of rotatable bonds is 6. The molecule has 0 spiro atoms. The first-order valence-electron chi connectivity index (χ1n) is 7.37. The zero-order valence-electron chi connectivity index (χ0n) is 12.3. The molecule has 0 radical (unpaired) electrons. The first-order valence-corrected chi connectivity index (χ1v) is 7.37. The van der Waals surface area contributed by atoms with Gasteiger partial charge < -0.3 is 15.3 Å². The maximum absolute atomic E-state index is 12.1. The van der Waals surface area contributed by atoms with Crippen LogP contribution < -0.4 is 5.32 Å². The number of carboxylic acids is 1. The number of aryl methyl sites for hydroxylation is 1. The molecule has 2 amide bonds. The minimum atomic E-state index is -0.815. The standard InChI is InChI=1S/C16H22N2O3/c1-18(11-13-5-2-6-13)16(21)17-14-7-3-4-12(10-14)8-9-15(19)20/h3-4,7,10,13H,2,5-6,8-9,11H2,1H3,(H,17,21)(H,19,20). The van der Waals surface area contributed by atoms with E-state index in [0.29, 0.717) is 18.0 Å². The summed E-state index contributed by atoms with van der Waals surface area (Å²) in [4.78, 5) is 24.4. The molecule has 0 unspecified atom stereocenters. The van der Waals surface area contributed by atoms with Crippen LogP contribution in [0.25, 0.3) is 0 Å². The molecule has 21 heavy (non-hydrogen) atoms. The van der Waals surface area contributed by atoms with Gasteiger partial charge in [0, 0.05) is 25.7 Å². The molecule has 1 aliphatic carbocycles. The molecule has 1 fully saturated rings. The van der Waals surface area contributed by atoms with Gasteiger partial charge in [-0.1, -0.05) is 18.6 Å². The SMILES string of the molecule is CN(CC1CCC1)C(=O)Nc1cccc(CCC(=O)O)c1. The molecular weight excluding hydrogens is 268 g/mol. The summed E-state index contributed by atoms with van der Waals surface area (Å²) in [6.45, 7) is 0.796. The molecule has 0 aliphatic heterocycles. The lowest BCUT2D eigenvalue weighted by Gasteiger charge is -2.30. The van der Waals surface area contributed by atoms with E-state index in [1.54, 1.807) is 4.90 Å². The molecule has 5 heteroatoms. The first kappa shape index (κ1) is 15.4. The molecule has 1 aromatic rings. The fourth-order valence-corrected chi connectivity index (χ4v) is 2.42. The van der Waals surface area contributed by atoms with Crippen LogP contribution in [0.4, 0.5) is 10.5 Å². The predicted molar refractivity (Wildman–Crippen MR) is 81.4 cm³/mol. The number of urea groups is 1. The zero-order valence-corrected chi connectivity index (χ0v) is 12.3. The van der Waals surface area contributed by atoms with Crippen molar-refractivity contribution in [3.63, 3.8) is 0 Å². The summed E-state index contributed by atoms with van der Waals surface area (Å²) in [5.41, 5.74) is 1.63. The van der Waals surface area contributed by atoms with E-state index in [1.165, 1.54) is 19.3 Å². The van der Waals surface area contributed by atoms with Gasteiger partial charge in [0.05, 0.1) is 0 Å². The summed E-state index contributed by atoms with van der Waals surface area (Å²) in [5.74, 6) is -0.174. The summed E-state index contributed by atoms with van der Waals surface area (Å²) in [6, 6.07) is 7.24. The highest BCUT2D eigenvalue weighted by Gasteiger charge is 2.21. The number of nitrogens with one attached hydrogen (secondary N) is 1. The van der Waals surface area contributed by atoms with Gasteiger partial charge in [0.1, 0.15) is 0 Å². The third-order valence-electron chi connectivity index (χ3n) is 3.91. The van der Waals surface area contributed by atoms with Gasteiger partial charge in [-0.2, -0.15) is 0 Å². The van der Waals surface area contributed by atoms with Crippen LogP contribution in [-0.4, -0.2) is 35.6 Å². The Morgan fingerprint density at radius 2 is 2.14 bits per heavy atom. The van der Waals surface area contributed by atoms with Crippen LogP contribution in [0.3, 0.4) is 0 Å². The number of carboxylic acid groups (broad SMARTS) is 1. The fraction of sp³-hybridized carbons (Fsp3) is 0.500. The third-order valence-corrected chi connectivity index (χ3v) is 3.91. The van der Waals surface area contributed by atoms with Gasteiger partial charge in [-0.15, -0.1) is 0 Å². The van der Waals surface area contributed by atoms with Crippen LogP contribution in [0.15, 0.2) is 24.3 Å². The summed E-state index contributed by atoms with van der Waals surface area (Å²) < 4.78 is 0. The number of amides is 2. The Morgan fingerprint density at radius 3 is 2.76 bits per heavy atom. The van der Waals surface area contributed by atoms with Crippen molar-refractivity contribution in [2.45, 2.75) is 32.1 Å². The van der Waals surface area contributed by atoms with Crippen LogP contribution >= 0.6 is 0 Å². The summed E-state index contributed by atoms with van der Waals surface area (Å²) in [5, 5.41) is 11.6. The largest absolute Gasteiger partial charge is 0.481 e. The minimum Gasteiger partial charge on any atom is -0.481 e. The van der Waals surface area contributed by atoms with E-state index in [2.05, 4.69) is 5.32 Å². The lowest BCUT2D eigenvalue weighted by Crippen LogP contribution is -2.37. The quantitative estimate of drug-likeness (QED) is 0.846. The molecule has 2 rings (SSSR count). The van der Waals surface area contributed by atoms with E-state index in [0.717, 1.165) is 12.1 Å². The van der Waals surface area contributed by atoms with Crippen molar-refractivity contribution in [2.24, 2.45) is 5.92 Å². The van der Waals surface area contributed by atoms with Crippen LogP contribution in [0.1, 0.15) is 31.2 Å². The second-order valence-electron chi connectivity index (χ2n) is 5.70. The van der Waals surface area contributed by atoms with Gasteiger partial charge in [0.15, 0.2) is 0 Å². The van der Waals surface area contributed by atoms with E-state index < -0.39 is 5.97 Å². The monoisotopic (exact) mass is 290 g/mol. The Labute approximate surface area is 125 Å². The zero-order chi connectivity index (χ0) is 15.2. The fourth-order valence-electron chi connectivity index (χ4n) is 2.42. The van der Waals surface area contributed by atoms with Crippen molar-refractivity contribution in [1.29, 1.82) is 0 Å². The van der Waals surface area contributed by atoms with Gasteiger partial charge in [-0.3, -0.25) is 4.79 Å². The Morgan fingerprint density at radius 1 is 1.38 bits per heavy atom. The molecule has 1 aromatic carbocycles. The molecule has 5 nitrogen and oxygen atoms in total. The normalized spacial score (nSPS) is 14.3. The summed E-state index contributed by atoms with van der Waals surface area (Å²) >= 11 is 0. The number of nitrogens with zero attached hydrogens (tertiary/aromatic N) is 1. The van der Waals surface area contributed by atoms with Crippen molar-refractivity contribution in [3.8, 4) is 0 Å². The van der Waals surface area contributed by atoms with Gasteiger partial charge >= 0.3 is 12.0 Å². The number of hydrogen-bond acceptors (Lipinski definition) is 2. The molecule has 2 N–H and O–H groups in total. The smallest absolute Gasteiger partial charge is 0.321 e. The minimum absolute atomic E-state index is 0.0962. The first-order chi connectivity index (χ1) is 10.0. The van der Waals surface area contributed by atoms with E-state index in [9.17, 15) is 9.59 Å². The van der Waals surface area contributed by atoms with Gasteiger partial charge in [0.2, 0.25) is 0 Å². The van der Waals surface area contributed by atoms with E-state index >= 15 is 0 Å². The lowest BCUT2D eigenvalue weighted by atomic mass is 9.85. The van der Waals surface area contributed by atoms with E-state index in [4.69, 9.17) is 5.11 Å². The number of aliphatic carboxylic acids is 1. The van der Waals surface area contributed by atoms with Gasteiger partial charge in [-0.25, -0.2) is 4.79 Å². The molecule has 0 atom stereocenters. The highest BCUT2D eigenvalue weighted by atomic mass is 16.4. The Kier molecular flexibility index (Phi) is 5.20. The number of carbonyl (C=O) groups is 2. The molecule has 1 saturated carbocycles. The number of anilines is 1. The average molecular weight is 290 g/mol. The number of carbonyl (C=O) groups excluding carboxylic acids is 1. The summed E-state index contributed by atoms with van der Waals surface area (Å²) in [6.07, 6.45) is 4.26. The highest BCUT2D eigenvalue weighted by molar-refractivity contribution is 5.89. The summed E-state index contributed by atoms with van der Waals surface area (Å²) in [7, 11) is 1.81. The molecule has 114 valence electrons. The molecule has 1 aliphatic rings. The Balaban J connectivity index is 1.87. The molecule has 0 bridgehead atoms. The maximum Gasteiger partial charge on any atom is 0.321 e. The van der Waals surface area contributed by atoms with E-state index in [1.807, 2.05) is 31.3 Å². The predicted octanol–water partition coefficient (Wildman–Crippen LogP) is 2.97. The van der Waals surface area contributed by atoms with Crippen LogP contribution in [0.5, 0.6) is 0 Å². The van der Waals surface area contributed by atoms with Gasteiger partial charge in [-0.05, 0) is 42.9 Å². The maximum atomic E-state index is 12.1. The number of hydrogen-bond donors (Lipinski definition) is 2. The lowest BCUT2D eigenvalue weighted by molar-refractivity contribution is -0.136. The van der Waals surface area contributed by atoms with Gasteiger partial charge in [0.25, 0.3) is 0 Å². The highest BCUT2D eigenvalue weighted by Crippen LogP contribution is 2.26. The second kappa shape index (κ2) is 7.11. The second-order valence-corrected chi connectivity index (χ2v) is 5.70. The average Bonchev–Trinajstić information content (AvgIpc) is 2.40. The third kappa shape index (κ3) is 4.77. The Bertz CT molecular complexity index is 512. The van der Waals surface area contributed by atoms with Crippen LogP contribution in [-0.2, 0) is 11.2 Å².